The lowest BCUT2D eigenvalue weighted by molar-refractivity contribution is -0.150. The molecule has 0 rings (SSSR count). The molecule has 3 N–H and O–H groups in total. The van der Waals surface area contributed by atoms with Gasteiger partial charge in [0.15, 0.2) is 0 Å². The van der Waals surface area contributed by atoms with Crippen LogP contribution >= 0.6 is 0 Å². The van der Waals surface area contributed by atoms with Crippen molar-refractivity contribution in [3.63, 3.8) is 0 Å². The van der Waals surface area contributed by atoms with E-state index in [9.17, 15) is 19.8 Å². The van der Waals surface area contributed by atoms with E-state index in [4.69, 9.17) is 4.74 Å². The molecule has 0 aliphatic rings. The molecule has 1 amide bonds. The number of carbonyl (C=O) groups excluding carboxylic acids is 2. The highest BCUT2D eigenvalue weighted by Gasteiger charge is 2.23. The quantitative estimate of drug-likeness (QED) is 0.0322. The van der Waals surface area contributed by atoms with E-state index in [-0.39, 0.29) is 24.9 Å². The molecule has 0 saturated carbocycles. The Morgan fingerprint density at radius 1 is 0.500 bits per heavy atom. The summed E-state index contributed by atoms with van der Waals surface area (Å²) in [5.41, 5.74) is 0. The summed E-state index contributed by atoms with van der Waals surface area (Å²) in [4.78, 5) is 26.0. The maximum absolute atomic E-state index is 13.2. The highest BCUT2D eigenvalue weighted by Crippen LogP contribution is 2.17. The van der Waals surface area contributed by atoms with Crippen molar-refractivity contribution in [3.8, 4) is 0 Å². The number of ether oxygens (including phenoxy) is 1. The number of rotatable bonds is 45. The Kier molecular flexibility index (Phi) is 46.7. The molecule has 0 aliphatic heterocycles. The number of aliphatic hydroxyl groups is 2. The lowest BCUT2D eigenvalue weighted by atomic mass is 10.0. The first-order chi connectivity index (χ1) is 30.5. The number of hydrogen-bond acceptors (Lipinski definition) is 5. The number of allylic oxidation sites excluding steroid dienone is 13. The first kappa shape index (κ1) is 59.0. The van der Waals surface area contributed by atoms with Crippen LogP contribution in [0, 0.1) is 0 Å². The summed E-state index contributed by atoms with van der Waals surface area (Å²) in [7, 11) is 0. The van der Waals surface area contributed by atoms with Crippen molar-refractivity contribution in [3.05, 3.63) is 85.1 Å². The molecule has 356 valence electrons. The Morgan fingerprint density at radius 2 is 0.903 bits per heavy atom. The zero-order chi connectivity index (χ0) is 45.2. The monoisotopic (exact) mass is 864 g/mol. The van der Waals surface area contributed by atoms with Crippen LogP contribution in [0.4, 0.5) is 0 Å². The van der Waals surface area contributed by atoms with Crippen molar-refractivity contribution in [2.24, 2.45) is 0 Å². The molecule has 0 heterocycles. The maximum atomic E-state index is 13.2. The van der Waals surface area contributed by atoms with Gasteiger partial charge in [-0.05, 0) is 44.9 Å². The molecule has 0 fully saturated rings. The van der Waals surface area contributed by atoms with Gasteiger partial charge in [0.05, 0.1) is 25.2 Å². The summed E-state index contributed by atoms with van der Waals surface area (Å²) in [5, 5.41) is 23.7. The summed E-state index contributed by atoms with van der Waals surface area (Å²) in [5.74, 6) is -0.624. The van der Waals surface area contributed by atoms with Gasteiger partial charge < -0.3 is 20.3 Å². The minimum absolute atomic E-state index is 0.0266. The molecule has 0 spiro atoms. The Bertz CT molecular complexity index is 1200. The Labute approximate surface area is 383 Å². The van der Waals surface area contributed by atoms with Gasteiger partial charge in [0.1, 0.15) is 6.10 Å². The van der Waals surface area contributed by atoms with Crippen molar-refractivity contribution in [1.29, 1.82) is 0 Å². The molecule has 3 atom stereocenters. The third kappa shape index (κ3) is 43.7. The van der Waals surface area contributed by atoms with Crippen molar-refractivity contribution in [2.45, 2.75) is 251 Å². The van der Waals surface area contributed by atoms with Gasteiger partial charge in [-0.25, -0.2) is 0 Å². The van der Waals surface area contributed by atoms with Crippen LogP contribution in [0.5, 0.6) is 0 Å². The average molecular weight is 864 g/mol. The molecule has 0 aliphatic carbocycles. The van der Waals surface area contributed by atoms with Crippen LogP contribution in [0.1, 0.15) is 233 Å². The number of amides is 1. The second-order valence-corrected chi connectivity index (χ2v) is 17.4. The second-order valence-electron chi connectivity index (χ2n) is 17.4. The van der Waals surface area contributed by atoms with E-state index in [2.05, 4.69) is 56.5 Å². The second kappa shape index (κ2) is 49.1. The van der Waals surface area contributed by atoms with Crippen LogP contribution < -0.4 is 5.32 Å². The van der Waals surface area contributed by atoms with E-state index >= 15 is 0 Å². The first-order valence-electron chi connectivity index (χ1n) is 25.9. The fourth-order valence-corrected chi connectivity index (χ4v) is 7.44. The normalized spacial score (nSPS) is 14.0. The van der Waals surface area contributed by atoms with Crippen LogP contribution in [0.25, 0.3) is 0 Å². The minimum Gasteiger partial charge on any atom is -0.461 e. The lowest BCUT2D eigenvalue weighted by Crippen LogP contribution is -2.46. The third-order valence-corrected chi connectivity index (χ3v) is 11.4. The van der Waals surface area contributed by atoms with Crippen molar-refractivity contribution < 1.29 is 24.5 Å². The smallest absolute Gasteiger partial charge is 0.306 e. The summed E-state index contributed by atoms with van der Waals surface area (Å²) in [6, 6.07) is -0.745. The molecule has 0 aromatic rings. The molecule has 6 heteroatoms. The molecule has 0 aromatic heterocycles. The summed E-state index contributed by atoms with van der Waals surface area (Å²) >= 11 is 0. The zero-order valence-corrected chi connectivity index (χ0v) is 40.5. The van der Waals surface area contributed by atoms with Gasteiger partial charge in [0.2, 0.25) is 5.91 Å². The summed E-state index contributed by atoms with van der Waals surface area (Å²) in [6.45, 7) is 6.27. The highest BCUT2D eigenvalue weighted by atomic mass is 16.5. The van der Waals surface area contributed by atoms with Gasteiger partial charge >= 0.3 is 5.97 Å². The third-order valence-electron chi connectivity index (χ3n) is 11.4. The molecule has 62 heavy (non-hydrogen) atoms. The lowest BCUT2D eigenvalue weighted by Gasteiger charge is -2.24. The first-order valence-corrected chi connectivity index (χ1v) is 25.9. The highest BCUT2D eigenvalue weighted by molar-refractivity contribution is 5.77. The SMILES string of the molecule is CC/C=C/C=C/C=C\C=C/C=C/CC(CC(=O)NC(CO)C(O)CCCCCCCCCCCCCCCCCCC)OC(=O)CCCCCCCC/C=C/C=C/CCCCC. The van der Waals surface area contributed by atoms with Crippen molar-refractivity contribution in [2.75, 3.05) is 6.61 Å². The molecule has 6 nitrogen and oxygen atoms in total. The van der Waals surface area contributed by atoms with E-state index in [0.717, 1.165) is 57.8 Å². The maximum Gasteiger partial charge on any atom is 0.306 e. The van der Waals surface area contributed by atoms with Crippen molar-refractivity contribution >= 4 is 11.9 Å². The number of hydrogen-bond donors (Lipinski definition) is 3. The number of unbranched alkanes of at least 4 members (excludes halogenated alkanes) is 25. The topological polar surface area (TPSA) is 95.9 Å². The van der Waals surface area contributed by atoms with Crippen molar-refractivity contribution in [1.82, 2.24) is 5.32 Å². The van der Waals surface area contributed by atoms with E-state index in [1.54, 1.807) is 0 Å². The van der Waals surface area contributed by atoms with E-state index in [1.165, 1.54) is 128 Å². The zero-order valence-electron chi connectivity index (χ0n) is 40.5. The molecule has 0 aromatic carbocycles. The molecule has 0 radical (unpaired) electrons. The van der Waals surface area contributed by atoms with Crippen LogP contribution in [0.3, 0.4) is 0 Å². The van der Waals surface area contributed by atoms with E-state index < -0.39 is 18.2 Å². The molecule has 0 saturated heterocycles. The average Bonchev–Trinajstić information content (AvgIpc) is 3.26. The van der Waals surface area contributed by atoms with Crippen LogP contribution in [-0.4, -0.2) is 46.9 Å². The predicted octanol–water partition coefficient (Wildman–Crippen LogP) is 15.6. The number of aliphatic hydroxyl groups excluding tert-OH is 2. The fourth-order valence-electron chi connectivity index (χ4n) is 7.44. The summed E-state index contributed by atoms with van der Waals surface area (Å²) < 4.78 is 5.83. The van der Waals surface area contributed by atoms with E-state index in [0.29, 0.717) is 19.3 Å². The predicted molar refractivity (Wildman–Crippen MR) is 268 cm³/mol. The van der Waals surface area contributed by atoms with Gasteiger partial charge in [0.25, 0.3) is 0 Å². The minimum atomic E-state index is -0.824. The molecule has 3 unspecified atom stereocenters. The van der Waals surface area contributed by atoms with Gasteiger partial charge in [-0.15, -0.1) is 0 Å². The van der Waals surface area contributed by atoms with Gasteiger partial charge in [-0.2, -0.15) is 0 Å². The van der Waals surface area contributed by atoms with E-state index in [1.807, 2.05) is 54.7 Å². The van der Waals surface area contributed by atoms with Crippen LogP contribution in [-0.2, 0) is 14.3 Å². The molecular weight excluding hydrogens is 767 g/mol. The largest absolute Gasteiger partial charge is 0.461 e. The Hall–Kier alpha value is -2.96. The Balaban J connectivity index is 4.61. The van der Waals surface area contributed by atoms with Crippen LogP contribution in [0.2, 0.25) is 0 Å². The van der Waals surface area contributed by atoms with Crippen LogP contribution in [0.15, 0.2) is 85.1 Å². The fraction of sp³-hybridized carbons (Fsp3) is 0.714. The standard InChI is InChI=1S/C56H97NO5/c1-4-7-10-13-16-19-22-24-26-27-29-30-33-36-39-42-45-48-54(59)53(51-58)57-55(60)50-52(47-44-41-38-35-32-21-18-15-12-9-6-3)62-56(61)49-46-43-40-37-34-31-28-25-23-20-17-14-11-8-5-2/h9,12,15,17-18,20-21,23,25,32,35,38,41,44,52-54,58-59H,4-8,10-11,13-14,16,19,22,24,26-31,33-34,36-37,39-40,42-43,45-51H2,1-3H3,(H,57,60)/b12-9+,18-15+,20-17+,25-23+,32-21-,38-35-,44-41+. The van der Waals surface area contributed by atoms with Gasteiger partial charge in [-0.3, -0.25) is 9.59 Å². The van der Waals surface area contributed by atoms with Gasteiger partial charge in [-0.1, -0.05) is 254 Å². The van der Waals surface area contributed by atoms with Gasteiger partial charge in [0, 0.05) is 12.8 Å². The number of esters is 1. The molecule has 0 bridgehead atoms. The molecular formula is C56H97NO5. The number of nitrogens with one attached hydrogen (secondary N) is 1. The number of carbonyl (C=O) groups is 2. The Morgan fingerprint density at radius 3 is 1.40 bits per heavy atom. The summed E-state index contributed by atoms with van der Waals surface area (Å²) in [6.07, 6.45) is 63.8.